The van der Waals surface area contributed by atoms with E-state index >= 15 is 0 Å². The van der Waals surface area contributed by atoms with Crippen LogP contribution in [-0.4, -0.2) is 27.0 Å². The van der Waals surface area contributed by atoms with Gasteiger partial charge in [0.1, 0.15) is 11.3 Å². The number of hydrogen-bond acceptors (Lipinski definition) is 6. The lowest BCUT2D eigenvalue weighted by Crippen LogP contribution is -2.36. The standard InChI is InChI=1S/C21H26N4O4/c1-2-29-17-11-7-6-10-14(17)15-12-16(24-23-15)18-19(26)22-21(28)25(20(18)27)13-8-4-3-5-9-13/h6-7,10-11,13,15,23,27H,2-5,8-9,12H2,1H3,(H,22,26,28)/t15-/m1/s1. The first-order chi connectivity index (χ1) is 14.1. The monoisotopic (exact) mass is 398 g/mol. The molecule has 2 heterocycles. The maximum absolute atomic E-state index is 12.5. The van der Waals surface area contributed by atoms with E-state index in [4.69, 9.17) is 4.74 Å². The van der Waals surface area contributed by atoms with Crippen molar-refractivity contribution in [1.82, 2.24) is 15.0 Å². The minimum Gasteiger partial charge on any atom is -0.494 e. The molecule has 1 fully saturated rings. The summed E-state index contributed by atoms with van der Waals surface area (Å²) < 4.78 is 7.03. The van der Waals surface area contributed by atoms with Crippen molar-refractivity contribution in [3.63, 3.8) is 0 Å². The molecule has 154 valence electrons. The fourth-order valence-electron chi connectivity index (χ4n) is 4.31. The molecule has 8 nitrogen and oxygen atoms in total. The minimum atomic E-state index is -0.612. The Labute approximate surface area is 168 Å². The molecular weight excluding hydrogens is 372 g/mol. The van der Waals surface area contributed by atoms with E-state index in [1.807, 2.05) is 31.2 Å². The van der Waals surface area contributed by atoms with Crippen molar-refractivity contribution in [1.29, 1.82) is 0 Å². The second-order valence-corrected chi connectivity index (χ2v) is 7.53. The third-order valence-corrected chi connectivity index (χ3v) is 5.69. The molecule has 4 rings (SSSR count). The molecule has 0 amide bonds. The van der Waals surface area contributed by atoms with Crippen molar-refractivity contribution >= 4 is 5.71 Å². The highest BCUT2D eigenvalue weighted by molar-refractivity contribution is 6.03. The van der Waals surface area contributed by atoms with E-state index in [1.165, 1.54) is 4.57 Å². The molecule has 1 aromatic carbocycles. The molecule has 2 aromatic rings. The summed E-state index contributed by atoms with van der Waals surface area (Å²) in [6.45, 7) is 2.47. The van der Waals surface area contributed by atoms with Gasteiger partial charge in [-0.15, -0.1) is 0 Å². The molecule has 3 N–H and O–H groups in total. The summed E-state index contributed by atoms with van der Waals surface area (Å²) in [5.41, 5.74) is 3.31. The van der Waals surface area contributed by atoms with Gasteiger partial charge < -0.3 is 15.3 Å². The van der Waals surface area contributed by atoms with Gasteiger partial charge in [-0.25, -0.2) is 4.79 Å². The molecule has 0 bridgehead atoms. The zero-order valence-electron chi connectivity index (χ0n) is 16.5. The van der Waals surface area contributed by atoms with Crippen molar-refractivity contribution in [2.45, 2.75) is 57.5 Å². The highest BCUT2D eigenvalue weighted by atomic mass is 16.5. The SMILES string of the molecule is CCOc1ccccc1[C@H]1CC(c2c(O)n(C3CCCCC3)c(=O)[nH]c2=O)=NN1. The van der Waals surface area contributed by atoms with Crippen LogP contribution in [0, 0.1) is 0 Å². The lowest BCUT2D eigenvalue weighted by Gasteiger charge is -2.25. The van der Waals surface area contributed by atoms with E-state index in [1.54, 1.807) is 0 Å². The van der Waals surface area contributed by atoms with E-state index < -0.39 is 11.2 Å². The Morgan fingerprint density at radius 1 is 1.21 bits per heavy atom. The second-order valence-electron chi connectivity index (χ2n) is 7.53. The fourth-order valence-corrected chi connectivity index (χ4v) is 4.31. The first kappa shape index (κ1) is 19.3. The predicted octanol–water partition coefficient (Wildman–Crippen LogP) is 2.58. The zero-order chi connectivity index (χ0) is 20.4. The van der Waals surface area contributed by atoms with Gasteiger partial charge in [0.15, 0.2) is 0 Å². The Bertz CT molecular complexity index is 1030. The number of aromatic nitrogens is 2. The number of nitrogens with one attached hydrogen (secondary N) is 2. The van der Waals surface area contributed by atoms with E-state index in [0.717, 1.165) is 43.4 Å². The van der Waals surface area contributed by atoms with E-state index in [0.29, 0.717) is 18.7 Å². The quantitative estimate of drug-likeness (QED) is 0.717. The topological polar surface area (TPSA) is 109 Å². The van der Waals surface area contributed by atoms with Crippen LogP contribution in [-0.2, 0) is 0 Å². The van der Waals surface area contributed by atoms with Crippen molar-refractivity contribution in [3.05, 3.63) is 56.2 Å². The summed E-state index contributed by atoms with van der Waals surface area (Å²) in [7, 11) is 0. The molecule has 1 atom stereocenters. The van der Waals surface area contributed by atoms with Gasteiger partial charge in [-0.3, -0.25) is 14.3 Å². The zero-order valence-corrected chi connectivity index (χ0v) is 16.5. The van der Waals surface area contributed by atoms with Gasteiger partial charge in [0.25, 0.3) is 5.56 Å². The Balaban J connectivity index is 1.66. The molecule has 1 aliphatic carbocycles. The van der Waals surface area contributed by atoms with E-state index in [-0.39, 0.29) is 23.5 Å². The fraction of sp³-hybridized carbons (Fsp3) is 0.476. The molecule has 0 radical (unpaired) electrons. The van der Waals surface area contributed by atoms with Crippen LogP contribution in [0.4, 0.5) is 0 Å². The molecule has 1 saturated carbocycles. The number of hydrogen-bond donors (Lipinski definition) is 3. The number of hydrazone groups is 1. The first-order valence-corrected chi connectivity index (χ1v) is 10.2. The number of benzene rings is 1. The van der Waals surface area contributed by atoms with Crippen molar-refractivity contribution in [2.24, 2.45) is 5.10 Å². The summed E-state index contributed by atoms with van der Waals surface area (Å²) in [6, 6.07) is 7.39. The summed E-state index contributed by atoms with van der Waals surface area (Å²) in [4.78, 5) is 27.3. The molecule has 29 heavy (non-hydrogen) atoms. The minimum absolute atomic E-state index is 0.0686. The van der Waals surface area contributed by atoms with Crippen LogP contribution in [0.3, 0.4) is 0 Å². The third-order valence-electron chi connectivity index (χ3n) is 5.69. The molecular formula is C21H26N4O4. The summed E-state index contributed by atoms with van der Waals surface area (Å²) in [6.07, 6.45) is 5.17. The van der Waals surface area contributed by atoms with E-state index in [9.17, 15) is 14.7 Å². The molecule has 1 aliphatic heterocycles. The van der Waals surface area contributed by atoms with Crippen LogP contribution < -0.4 is 21.4 Å². The molecule has 8 heteroatoms. The highest BCUT2D eigenvalue weighted by Gasteiger charge is 2.30. The molecule has 0 unspecified atom stereocenters. The van der Waals surface area contributed by atoms with Crippen LogP contribution >= 0.6 is 0 Å². The third kappa shape index (κ3) is 3.66. The number of rotatable bonds is 5. The van der Waals surface area contributed by atoms with Crippen LogP contribution in [0.5, 0.6) is 11.6 Å². The van der Waals surface area contributed by atoms with E-state index in [2.05, 4.69) is 15.5 Å². The molecule has 0 spiro atoms. The molecule has 1 aromatic heterocycles. The maximum atomic E-state index is 12.5. The lowest BCUT2D eigenvalue weighted by molar-refractivity contribution is 0.298. The largest absolute Gasteiger partial charge is 0.494 e. The summed E-state index contributed by atoms with van der Waals surface area (Å²) in [5, 5.41) is 15.2. The van der Waals surface area contributed by atoms with Crippen molar-refractivity contribution < 1.29 is 9.84 Å². The van der Waals surface area contributed by atoms with Gasteiger partial charge in [-0.2, -0.15) is 5.10 Å². The Hall–Kier alpha value is -3.03. The Morgan fingerprint density at radius 2 is 1.97 bits per heavy atom. The van der Waals surface area contributed by atoms with Gasteiger partial charge in [-0.05, 0) is 25.8 Å². The van der Waals surface area contributed by atoms with Gasteiger partial charge in [0, 0.05) is 18.0 Å². The average molecular weight is 398 g/mol. The van der Waals surface area contributed by atoms with Crippen LogP contribution in [0.1, 0.15) is 68.7 Å². The van der Waals surface area contributed by atoms with Gasteiger partial charge in [0.2, 0.25) is 5.88 Å². The number of ether oxygens (including phenoxy) is 1. The average Bonchev–Trinajstić information content (AvgIpc) is 3.18. The maximum Gasteiger partial charge on any atom is 0.331 e. The normalized spacial score (nSPS) is 19.6. The first-order valence-electron chi connectivity index (χ1n) is 10.2. The highest BCUT2D eigenvalue weighted by Crippen LogP contribution is 2.34. The number of para-hydroxylation sites is 1. The van der Waals surface area contributed by atoms with Gasteiger partial charge >= 0.3 is 5.69 Å². The smallest absolute Gasteiger partial charge is 0.331 e. The Kier molecular flexibility index (Phi) is 5.42. The van der Waals surface area contributed by atoms with Crippen LogP contribution in [0.25, 0.3) is 0 Å². The number of H-pyrrole nitrogens is 1. The number of nitrogens with zero attached hydrogens (tertiary/aromatic N) is 2. The second kappa shape index (κ2) is 8.14. The molecule has 2 aliphatic rings. The summed E-state index contributed by atoms with van der Waals surface area (Å²) >= 11 is 0. The Morgan fingerprint density at radius 3 is 2.72 bits per heavy atom. The predicted molar refractivity (Wildman–Crippen MR) is 110 cm³/mol. The van der Waals surface area contributed by atoms with Crippen LogP contribution in [0.15, 0.2) is 39.0 Å². The van der Waals surface area contributed by atoms with Gasteiger partial charge in [0.05, 0.1) is 18.4 Å². The summed E-state index contributed by atoms with van der Waals surface area (Å²) in [5.74, 6) is 0.471. The van der Waals surface area contributed by atoms with Gasteiger partial charge in [-0.1, -0.05) is 37.5 Å². The van der Waals surface area contributed by atoms with Crippen molar-refractivity contribution in [3.8, 4) is 11.6 Å². The van der Waals surface area contributed by atoms with Crippen molar-refractivity contribution in [2.75, 3.05) is 6.61 Å². The van der Waals surface area contributed by atoms with Crippen LogP contribution in [0.2, 0.25) is 0 Å². The molecule has 0 saturated heterocycles. The number of aromatic hydroxyl groups is 1. The number of aromatic amines is 1. The lowest BCUT2D eigenvalue weighted by atomic mass is 9.95.